The van der Waals surface area contributed by atoms with Gasteiger partial charge in [0, 0.05) is 0 Å². The van der Waals surface area contributed by atoms with E-state index in [1.165, 1.54) is 24.3 Å². The first-order chi connectivity index (χ1) is 10.8. The molecule has 9 nitrogen and oxygen atoms in total. The molecule has 1 saturated heterocycles. The molecule has 1 aromatic carbocycles. The molecule has 1 aliphatic rings. The first kappa shape index (κ1) is 16.9. The van der Waals surface area contributed by atoms with Gasteiger partial charge in [-0.05, 0) is 5.56 Å². The van der Waals surface area contributed by atoms with Crippen LogP contribution in [0.5, 0.6) is 0 Å². The van der Waals surface area contributed by atoms with Gasteiger partial charge in [-0.3, -0.25) is 14.1 Å². The maximum Gasteiger partial charge on any atom is 0.331 e. The third kappa shape index (κ3) is 3.48. The van der Waals surface area contributed by atoms with Gasteiger partial charge in [-0.15, -0.1) is 0 Å². The molecule has 1 fully saturated rings. The highest BCUT2D eigenvalue weighted by Gasteiger charge is 2.47. The van der Waals surface area contributed by atoms with Gasteiger partial charge in [0.2, 0.25) is 11.8 Å². The molecule has 3 atom stereocenters. The second-order valence-corrected chi connectivity index (χ2v) is 6.30. The Hall–Kier alpha value is -2.46. The summed E-state index contributed by atoms with van der Waals surface area (Å²) in [6.45, 7) is 0. The van der Waals surface area contributed by atoms with Crippen molar-refractivity contribution in [3.8, 4) is 0 Å². The number of methoxy groups -OCH3 is 1. The van der Waals surface area contributed by atoms with Crippen LogP contribution in [0.4, 0.5) is 0 Å². The van der Waals surface area contributed by atoms with Crippen LogP contribution in [0.3, 0.4) is 0 Å². The van der Waals surface area contributed by atoms with Gasteiger partial charge >= 0.3 is 5.97 Å². The summed E-state index contributed by atoms with van der Waals surface area (Å²) in [7, 11) is -3.66. The summed E-state index contributed by atoms with van der Waals surface area (Å²) in [5.74, 6) is -2.55. The van der Waals surface area contributed by atoms with Crippen molar-refractivity contribution in [1.29, 1.82) is 0 Å². The molecule has 0 spiro atoms. The van der Waals surface area contributed by atoms with Gasteiger partial charge in [0.05, 0.1) is 7.11 Å². The van der Waals surface area contributed by atoms with Crippen molar-refractivity contribution in [1.82, 2.24) is 10.6 Å². The lowest BCUT2D eigenvalue weighted by atomic mass is 9.98. The summed E-state index contributed by atoms with van der Waals surface area (Å²) >= 11 is 0. The molecule has 1 heterocycles. The van der Waals surface area contributed by atoms with Gasteiger partial charge < -0.3 is 15.4 Å². The van der Waals surface area contributed by atoms with Crippen molar-refractivity contribution in [3.05, 3.63) is 35.9 Å². The number of benzene rings is 1. The Morgan fingerprint density at radius 3 is 2.39 bits per heavy atom. The molecule has 0 bridgehead atoms. The standard InChI is InChI=1S/C13H14N2O7S/c1-22-13(18)9-8(11(16)15-9)14-12(17)10(23(19,20)21)7-5-3-2-4-6-7/h2-6,8-10H,1H3,(H,14,17)(H,15,16)(H,19,20,21)/t8-,9-,10?/m1/s1. The molecule has 0 saturated carbocycles. The molecule has 1 aromatic rings. The lowest BCUT2D eigenvalue weighted by molar-refractivity contribution is -0.153. The highest BCUT2D eigenvalue weighted by atomic mass is 32.2. The van der Waals surface area contributed by atoms with Gasteiger partial charge in [-0.1, -0.05) is 30.3 Å². The second kappa shape index (κ2) is 6.34. The fourth-order valence-corrected chi connectivity index (χ4v) is 3.01. The Morgan fingerprint density at radius 2 is 1.91 bits per heavy atom. The number of rotatable bonds is 5. The number of esters is 1. The van der Waals surface area contributed by atoms with Crippen LogP contribution in [0.25, 0.3) is 0 Å². The second-order valence-electron chi connectivity index (χ2n) is 4.80. The molecule has 3 N–H and O–H groups in total. The van der Waals surface area contributed by atoms with Crippen LogP contribution >= 0.6 is 0 Å². The van der Waals surface area contributed by atoms with E-state index in [4.69, 9.17) is 0 Å². The average Bonchev–Trinajstić information content (AvgIpc) is 2.49. The van der Waals surface area contributed by atoms with Crippen molar-refractivity contribution in [2.45, 2.75) is 17.3 Å². The van der Waals surface area contributed by atoms with E-state index >= 15 is 0 Å². The van der Waals surface area contributed by atoms with Crippen LogP contribution in [0.15, 0.2) is 30.3 Å². The van der Waals surface area contributed by atoms with Crippen LogP contribution in [-0.4, -0.2) is 49.9 Å². The van der Waals surface area contributed by atoms with E-state index in [1.807, 2.05) is 0 Å². The molecule has 0 aromatic heterocycles. The number of ether oxygens (including phenoxy) is 1. The number of hydrogen-bond acceptors (Lipinski definition) is 6. The van der Waals surface area contributed by atoms with Crippen LogP contribution in [0, 0.1) is 0 Å². The number of nitrogens with one attached hydrogen (secondary N) is 2. The molecular formula is C13H14N2O7S. The number of β-lactam (4-membered cyclic amide) rings is 1. The molecular weight excluding hydrogens is 328 g/mol. The fourth-order valence-electron chi connectivity index (χ4n) is 2.17. The van der Waals surface area contributed by atoms with E-state index in [-0.39, 0.29) is 5.56 Å². The zero-order valence-electron chi connectivity index (χ0n) is 11.9. The Morgan fingerprint density at radius 1 is 1.30 bits per heavy atom. The average molecular weight is 342 g/mol. The molecule has 10 heteroatoms. The third-order valence-corrected chi connectivity index (χ3v) is 4.39. The SMILES string of the molecule is COC(=O)[C@@H]1NC(=O)[C@@H]1NC(=O)C(c1ccccc1)S(=O)(=O)O. The zero-order chi connectivity index (χ0) is 17.2. The maximum absolute atomic E-state index is 12.2. The van der Waals surface area contributed by atoms with Crippen LogP contribution in [0.1, 0.15) is 10.8 Å². The minimum atomic E-state index is -4.77. The van der Waals surface area contributed by atoms with Crippen molar-refractivity contribution in [2.75, 3.05) is 7.11 Å². The normalized spacial score (nSPS) is 21.6. The lowest BCUT2D eigenvalue weighted by Crippen LogP contribution is -2.72. The van der Waals surface area contributed by atoms with E-state index in [1.54, 1.807) is 6.07 Å². The molecule has 1 unspecified atom stereocenters. The highest BCUT2D eigenvalue weighted by Crippen LogP contribution is 2.22. The van der Waals surface area contributed by atoms with Gasteiger partial charge in [0.15, 0.2) is 11.3 Å². The van der Waals surface area contributed by atoms with E-state index in [9.17, 15) is 27.4 Å². The summed E-state index contributed by atoms with van der Waals surface area (Å²) in [6.07, 6.45) is 0. The van der Waals surface area contributed by atoms with E-state index in [0.717, 1.165) is 7.11 Å². The first-order valence-electron chi connectivity index (χ1n) is 6.45. The number of carbonyl (C=O) groups excluding carboxylic acids is 3. The molecule has 124 valence electrons. The largest absolute Gasteiger partial charge is 0.467 e. The van der Waals surface area contributed by atoms with Gasteiger partial charge in [-0.2, -0.15) is 8.42 Å². The lowest BCUT2D eigenvalue weighted by Gasteiger charge is -2.35. The predicted octanol–water partition coefficient (Wildman–Crippen LogP) is -1.23. The zero-order valence-corrected chi connectivity index (χ0v) is 12.7. The summed E-state index contributed by atoms with van der Waals surface area (Å²) < 4.78 is 36.8. The van der Waals surface area contributed by atoms with E-state index in [0.29, 0.717) is 0 Å². The Bertz CT molecular complexity index is 732. The minimum absolute atomic E-state index is 0.0295. The quantitative estimate of drug-likeness (QED) is 0.346. The number of carbonyl (C=O) groups is 3. The van der Waals surface area contributed by atoms with Crippen molar-refractivity contribution in [3.63, 3.8) is 0 Å². The van der Waals surface area contributed by atoms with Crippen molar-refractivity contribution >= 4 is 27.9 Å². The summed E-state index contributed by atoms with van der Waals surface area (Å²) in [4.78, 5) is 35.1. The van der Waals surface area contributed by atoms with Gasteiger partial charge in [0.1, 0.15) is 6.04 Å². The summed E-state index contributed by atoms with van der Waals surface area (Å²) in [6, 6.07) is 4.92. The first-order valence-corrected chi connectivity index (χ1v) is 7.96. The van der Waals surface area contributed by atoms with Gasteiger partial charge in [0.25, 0.3) is 10.1 Å². The maximum atomic E-state index is 12.2. The van der Waals surface area contributed by atoms with Crippen molar-refractivity contribution in [2.24, 2.45) is 0 Å². The van der Waals surface area contributed by atoms with Crippen molar-refractivity contribution < 1.29 is 32.1 Å². The molecule has 1 aliphatic heterocycles. The fraction of sp³-hybridized carbons (Fsp3) is 0.308. The monoisotopic (exact) mass is 342 g/mol. The number of hydrogen-bond donors (Lipinski definition) is 3. The van der Waals surface area contributed by atoms with Crippen LogP contribution < -0.4 is 10.6 Å². The van der Waals surface area contributed by atoms with Crippen LogP contribution in [-0.2, 0) is 29.2 Å². The Kier molecular flexibility index (Phi) is 4.66. The predicted molar refractivity (Wildman–Crippen MR) is 76.6 cm³/mol. The Balaban J connectivity index is 2.23. The number of amides is 2. The van der Waals surface area contributed by atoms with E-state index in [2.05, 4.69) is 15.4 Å². The molecule has 23 heavy (non-hydrogen) atoms. The topological polar surface area (TPSA) is 139 Å². The van der Waals surface area contributed by atoms with Gasteiger partial charge in [-0.25, -0.2) is 4.79 Å². The minimum Gasteiger partial charge on any atom is -0.467 e. The molecule has 2 rings (SSSR count). The Labute approximate surface area is 131 Å². The van der Waals surface area contributed by atoms with Crippen LogP contribution in [0.2, 0.25) is 0 Å². The summed E-state index contributed by atoms with van der Waals surface area (Å²) in [5, 5.41) is 2.46. The smallest absolute Gasteiger partial charge is 0.331 e. The molecule has 2 amide bonds. The third-order valence-electron chi connectivity index (χ3n) is 3.30. The van der Waals surface area contributed by atoms with E-state index < -0.39 is 45.2 Å². The summed E-state index contributed by atoms with van der Waals surface area (Å²) in [5.41, 5.74) is 0.0295. The highest BCUT2D eigenvalue weighted by molar-refractivity contribution is 7.86. The molecule has 0 radical (unpaired) electrons. The molecule has 0 aliphatic carbocycles.